The van der Waals surface area contributed by atoms with E-state index in [1.54, 1.807) is 6.33 Å². The van der Waals surface area contributed by atoms with Crippen molar-refractivity contribution in [3.8, 4) is 6.07 Å². The molecule has 0 aliphatic heterocycles. The molecular weight excluding hydrogens is 350 g/mol. The highest BCUT2D eigenvalue weighted by molar-refractivity contribution is 5.77. The lowest BCUT2D eigenvalue weighted by molar-refractivity contribution is -0.120. The maximum absolute atomic E-state index is 12.0. The van der Waals surface area contributed by atoms with Gasteiger partial charge in [0.1, 0.15) is 0 Å². The fraction of sp³-hybridized carbons (Fsp3) is 0.227. The van der Waals surface area contributed by atoms with Crippen LogP contribution in [0.25, 0.3) is 0 Å². The average Bonchev–Trinajstić information content (AvgIpc) is 3.16. The van der Waals surface area contributed by atoms with Crippen molar-refractivity contribution in [3.63, 3.8) is 0 Å². The van der Waals surface area contributed by atoms with Gasteiger partial charge in [-0.3, -0.25) is 4.79 Å². The smallest absolute Gasteiger partial charge is 0.233 e. The molecule has 1 heterocycles. The van der Waals surface area contributed by atoms with Crippen molar-refractivity contribution in [2.24, 2.45) is 0 Å². The Morgan fingerprint density at radius 3 is 2.61 bits per heavy atom. The highest BCUT2D eigenvalue weighted by Crippen LogP contribution is 2.08. The first-order chi connectivity index (χ1) is 13.7. The second-order valence-electron chi connectivity index (χ2n) is 6.51. The molecule has 0 unspecified atom stereocenters. The van der Waals surface area contributed by atoms with Crippen LogP contribution in [-0.2, 0) is 24.3 Å². The van der Waals surface area contributed by atoms with Gasteiger partial charge in [-0.05, 0) is 23.3 Å². The van der Waals surface area contributed by atoms with Gasteiger partial charge in [-0.2, -0.15) is 5.26 Å². The topological polar surface area (TPSA) is 82.7 Å². The van der Waals surface area contributed by atoms with Crippen molar-refractivity contribution in [3.05, 3.63) is 89.5 Å². The number of amides is 1. The third kappa shape index (κ3) is 5.79. The number of nitriles is 1. The van der Waals surface area contributed by atoms with E-state index in [4.69, 9.17) is 5.26 Å². The van der Waals surface area contributed by atoms with E-state index in [0.29, 0.717) is 38.2 Å². The zero-order valence-corrected chi connectivity index (χ0v) is 15.6. The Kier molecular flexibility index (Phi) is 6.94. The van der Waals surface area contributed by atoms with Crippen LogP contribution in [0.3, 0.4) is 0 Å². The van der Waals surface area contributed by atoms with Gasteiger partial charge < -0.3 is 15.2 Å². The molecule has 28 heavy (non-hydrogen) atoms. The number of hydrogen-bond donors (Lipinski definition) is 2. The molecule has 6 heteroatoms. The summed E-state index contributed by atoms with van der Waals surface area (Å²) in [6.07, 6.45) is 4.32. The SMILES string of the molecule is N#Cc1ccc(Cn2cncc2CCNC(=O)CNCc2ccccc2)cc1. The third-order valence-electron chi connectivity index (χ3n) is 4.40. The minimum atomic E-state index is -0.0194. The van der Waals surface area contributed by atoms with E-state index in [1.807, 2.05) is 60.8 Å². The molecule has 6 nitrogen and oxygen atoms in total. The van der Waals surface area contributed by atoms with Crippen LogP contribution in [-0.4, -0.2) is 28.5 Å². The fourth-order valence-corrected chi connectivity index (χ4v) is 2.89. The Balaban J connectivity index is 1.40. The van der Waals surface area contributed by atoms with Crippen LogP contribution in [0.2, 0.25) is 0 Å². The van der Waals surface area contributed by atoms with E-state index in [0.717, 1.165) is 16.8 Å². The molecule has 1 amide bonds. The molecule has 1 aromatic heterocycles. The average molecular weight is 373 g/mol. The predicted octanol–water partition coefficient (Wildman–Crippen LogP) is 2.25. The van der Waals surface area contributed by atoms with Crippen LogP contribution >= 0.6 is 0 Å². The van der Waals surface area contributed by atoms with Crippen LogP contribution < -0.4 is 10.6 Å². The van der Waals surface area contributed by atoms with Crippen molar-refractivity contribution in [2.75, 3.05) is 13.1 Å². The number of nitrogens with zero attached hydrogens (tertiary/aromatic N) is 3. The molecule has 142 valence electrons. The molecule has 3 aromatic rings. The normalized spacial score (nSPS) is 10.4. The molecule has 0 spiro atoms. The fourth-order valence-electron chi connectivity index (χ4n) is 2.89. The van der Waals surface area contributed by atoms with Gasteiger partial charge in [0, 0.05) is 37.9 Å². The Hall–Kier alpha value is -3.43. The molecule has 0 radical (unpaired) electrons. The summed E-state index contributed by atoms with van der Waals surface area (Å²) in [4.78, 5) is 16.2. The molecule has 0 aliphatic carbocycles. The monoisotopic (exact) mass is 373 g/mol. The van der Waals surface area contributed by atoms with Crippen molar-refractivity contribution < 1.29 is 4.79 Å². The van der Waals surface area contributed by atoms with Gasteiger partial charge in [0.15, 0.2) is 0 Å². The van der Waals surface area contributed by atoms with Gasteiger partial charge in [0.05, 0.1) is 24.5 Å². The number of aromatic nitrogens is 2. The van der Waals surface area contributed by atoms with Crippen molar-refractivity contribution >= 4 is 5.91 Å². The number of carbonyl (C=O) groups excluding carboxylic acids is 1. The standard InChI is InChI=1S/C22H23N5O/c23-12-18-6-8-20(9-7-18)16-27-17-25-14-21(27)10-11-26-22(28)15-24-13-19-4-2-1-3-5-19/h1-9,14,17,24H,10-11,13,15-16H2,(H,26,28). The summed E-state index contributed by atoms with van der Waals surface area (Å²) in [5, 5.41) is 15.0. The Labute approximate surface area is 164 Å². The third-order valence-corrected chi connectivity index (χ3v) is 4.40. The lowest BCUT2D eigenvalue weighted by Crippen LogP contribution is -2.34. The molecule has 0 fully saturated rings. The van der Waals surface area contributed by atoms with Crippen molar-refractivity contribution in [1.29, 1.82) is 5.26 Å². The molecule has 0 saturated heterocycles. The number of carbonyl (C=O) groups is 1. The van der Waals surface area contributed by atoms with E-state index < -0.39 is 0 Å². The number of rotatable bonds is 9. The van der Waals surface area contributed by atoms with Gasteiger partial charge in [0.25, 0.3) is 0 Å². The lowest BCUT2D eigenvalue weighted by atomic mass is 10.1. The summed E-state index contributed by atoms with van der Waals surface area (Å²) in [6, 6.07) is 19.6. The maximum Gasteiger partial charge on any atom is 0.233 e. The zero-order valence-electron chi connectivity index (χ0n) is 15.6. The molecule has 0 saturated carbocycles. The van der Waals surface area contributed by atoms with Crippen LogP contribution in [0.1, 0.15) is 22.4 Å². The van der Waals surface area contributed by atoms with Gasteiger partial charge in [-0.25, -0.2) is 4.98 Å². The Bertz CT molecular complexity index is 926. The molecule has 0 atom stereocenters. The molecule has 2 N–H and O–H groups in total. The van der Waals surface area contributed by atoms with Gasteiger partial charge in [-0.15, -0.1) is 0 Å². The number of nitrogens with one attached hydrogen (secondary N) is 2. The predicted molar refractivity (Wildman–Crippen MR) is 107 cm³/mol. The van der Waals surface area contributed by atoms with Gasteiger partial charge in [-0.1, -0.05) is 42.5 Å². The van der Waals surface area contributed by atoms with Crippen LogP contribution in [0.5, 0.6) is 0 Å². The highest BCUT2D eigenvalue weighted by Gasteiger charge is 2.05. The second-order valence-corrected chi connectivity index (χ2v) is 6.51. The number of benzene rings is 2. The summed E-state index contributed by atoms with van der Waals surface area (Å²) in [5.74, 6) is -0.0194. The van der Waals surface area contributed by atoms with Crippen molar-refractivity contribution in [2.45, 2.75) is 19.5 Å². The number of imidazole rings is 1. The molecule has 0 aliphatic rings. The highest BCUT2D eigenvalue weighted by atomic mass is 16.1. The lowest BCUT2D eigenvalue weighted by Gasteiger charge is -2.10. The van der Waals surface area contributed by atoms with E-state index >= 15 is 0 Å². The Morgan fingerprint density at radius 2 is 1.86 bits per heavy atom. The first kappa shape index (κ1) is 19.3. The Morgan fingerprint density at radius 1 is 1.07 bits per heavy atom. The summed E-state index contributed by atoms with van der Waals surface area (Å²) >= 11 is 0. The summed E-state index contributed by atoms with van der Waals surface area (Å²) in [7, 11) is 0. The summed E-state index contributed by atoms with van der Waals surface area (Å²) in [5.41, 5.74) is 3.97. The first-order valence-electron chi connectivity index (χ1n) is 9.24. The minimum absolute atomic E-state index is 0.0194. The van der Waals surface area contributed by atoms with Crippen LogP contribution in [0.4, 0.5) is 0 Å². The molecule has 0 bridgehead atoms. The zero-order chi connectivity index (χ0) is 19.6. The van der Waals surface area contributed by atoms with Crippen LogP contribution in [0, 0.1) is 11.3 Å². The second kappa shape index (κ2) is 10.0. The van der Waals surface area contributed by atoms with Crippen LogP contribution in [0.15, 0.2) is 67.1 Å². The first-order valence-corrected chi connectivity index (χ1v) is 9.24. The molecular formula is C22H23N5O. The maximum atomic E-state index is 12.0. The quantitative estimate of drug-likeness (QED) is 0.603. The van der Waals surface area contributed by atoms with Gasteiger partial charge >= 0.3 is 0 Å². The summed E-state index contributed by atoms with van der Waals surface area (Å²) in [6.45, 7) is 2.21. The largest absolute Gasteiger partial charge is 0.355 e. The molecule has 3 rings (SSSR count). The van der Waals surface area contributed by atoms with E-state index in [2.05, 4.69) is 26.3 Å². The van der Waals surface area contributed by atoms with Gasteiger partial charge in [0.2, 0.25) is 5.91 Å². The number of hydrogen-bond acceptors (Lipinski definition) is 4. The van der Waals surface area contributed by atoms with E-state index in [-0.39, 0.29) is 5.91 Å². The van der Waals surface area contributed by atoms with Crippen molar-refractivity contribution in [1.82, 2.24) is 20.2 Å². The minimum Gasteiger partial charge on any atom is -0.355 e. The molecule has 2 aromatic carbocycles. The van der Waals surface area contributed by atoms with E-state index in [1.165, 1.54) is 0 Å². The summed E-state index contributed by atoms with van der Waals surface area (Å²) < 4.78 is 2.06. The van der Waals surface area contributed by atoms with E-state index in [9.17, 15) is 4.79 Å².